The van der Waals surface area contributed by atoms with Crippen LogP contribution in [-0.2, 0) is 13.1 Å². The Bertz CT molecular complexity index is 374. The molecular weight excluding hydrogens is 262 g/mol. The molecule has 1 N–H and O–H groups in total. The molecule has 0 unspecified atom stereocenters. The van der Waals surface area contributed by atoms with Gasteiger partial charge in [-0.3, -0.25) is 4.68 Å². The Morgan fingerprint density at radius 2 is 1.71 bits per heavy atom. The lowest BCUT2D eigenvalue weighted by atomic mass is 10.1. The van der Waals surface area contributed by atoms with Crippen molar-refractivity contribution >= 4 is 0 Å². The van der Waals surface area contributed by atoms with Gasteiger partial charge in [0, 0.05) is 38.4 Å². The molecule has 1 aromatic heterocycles. The summed E-state index contributed by atoms with van der Waals surface area (Å²) >= 11 is 0. The summed E-state index contributed by atoms with van der Waals surface area (Å²) in [5.74, 6) is 1.40. The first kappa shape index (κ1) is 18.1. The Kier molecular flexibility index (Phi) is 7.89. The number of hydrogen-bond donors (Lipinski definition) is 1. The third kappa shape index (κ3) is 8.17. The topological polar surface area (TPSA) is 46.0 Å². The first-order valence-corrected chi connectivity index (χ1v) is 8.21. The van der Waals surface area contributed by atoms with E-state index in [4.69, 9.17) is 0 Å². The van der Waals surface area contributed by atoms with Crippen LogP contribution in [-0.4, -0.2) is 45.6 Å². The highest BCUT2D eigenvalue weighted by molar-refractivity contribution is 4.91. The SMILES string of the molecule is CC(C)CN(CCn1cc(CNC(C)C)nn1)CC(C)C. The number of aromatic nitrogens is 3. The van der Waals surface area contributed by atoms with Crippen molar-refractivity contribution in [1.82, 2.24) is 25.2 Å². The monoisotopic (exact) mass is 295 g/mol. The molecule has 5 nitrogen and oxygen atoms in total. The van der Waals surface area contributed by atoms with E-state index >= 15 is 0 Å². The minimum atomic E-state index is 0.475. The average molecular weight is 295 g/mol. The van der Waals surface area contributed by atoms with Crippen LogP contribution in [0.5, 0.6) is 0 Å². The van der Waals surface area contributed by atoms with E-state index in [9.17, 15) is 0 Å². The van der Waals surface area contributed by atoms with Crippen molar-refractivity contribution in [3.8, 4) is 0 Å². The van der Waals surface area contributed by atoms with Gasteiger partial charge in [-0.15, -0.1) is 5.10 Å². The summed E-state index contributed by atoms with van der Waals surface area (Å²) < 4.78 is 1.96. The molecule has 0 bridgehead atoms. The average Bonchev–Trinajstić information content (AvgIpc) is 2.80. The molecule has 0 saturated heterocycles. The van der Waals surface area contributed by atoms with Gasteiger partial charge in [0.05, 0.1) is 12.2 Å². The molecule has 0 fully saturated rings. The van der Waals surface area contributed by atoms with Crippen molar-refractivity contribution in [2.24, 2.45) is 11.8 Å². The Balaban J connectivity index is 2.43. The molecule has 1 aromatic rings. The van der Waals surface area contributed by atoms with E-state index in [2.05, 4.69) is 68.3 Å². The highest BCUT2D eigenvalue weighted by Gasteiger charge is 2.10. The maximum atomic E-state index is 4.22. The lowest BCUT2D eigenvalue weighted by molar-refractivity contribution is 0.208. The third-order valence-electron chi connectivity index (χ3n) is 3.17. The fourth-order valence-corrected chi connectivity index (χ4v) is 2.37. The van der Waals surface area contributed by atoms with Gasteiger partial charge in [-0.25, -0.2) is 0 Å². The van der Waals surface area contributed by atoms with Gasteiger partial charge in [-0.05, 0) is 11.8 Å². The van der Waals surface area contributed by atoms with Crippen molar-refractivity contribution in [3.05, 3.63) is 11.9 Å². The number of hydrogen-bond acceptors (Lipinski definition) is 4. The van der Waals surface area contributed by atoms with Gasteiger partial charge in [-0.2, -0.15) is 0 Å². The fraction of sp³-hybridized carbons (Fsp3) is 0.875. The van der Waals surface area contributed by atoms with E-state index in [0.717, 1.165) is 38.4 Å². The van der Waals surface area contributed by atoms with Gasteiger partial charge in [0.25, 0.3) is 0 Å². The highest BCUT2D eigenvalue weighted by Crippen LogP contribution is 2.04. The molecule has 0 amide bonds. The van der Waals surface area contributed by atoms with E-state index in [0.29, 0.717) is 17.9 Å². The lowest BCUT2D eigenvalue weighted by Gasteiger charge is -2.25. The van der Waals surface area contributed by atoms with E-state index in [1.54, 1.807) is 0 Å². The normalized spacial score (nSPS) is 12.3. The predicted octanol–water partition coefficient (Wildman–Crippen LogP) is 2.39. The molecule has 21 heavy (non-hydrogen) atoms. The van der Waals surface area contributed by atoms with Crippen LogP contribution >= 0.6 is 0 Å². The zero-order valence-corrected chi connectivity index (χ0v) is 14.6. The molecule has 0 saturated carbocycles. The molecule has 0 aromatic carbocycles. The number of rotatable bonds is 10. The summed E-state index contributed by atoms with van der Waals surface area (Å²) in [4.78, 5) is 2.53. The van der Waals surface area contributed by atoms with E-state index < -0.39 is 0 Å². The molecule has 0 aliphatic heterocycles. The van der Waals surface area contributed by atoms with Gasteiger partial charge in [0.2, 0.25) is 0 Å². The minimum absolute atomic E-state index is 0.475. The van der Waals surface area contributed by atoms with Crippen LogP contribution in [0.1, 0.15) is 47.2 Å². The minimum Gasteiger partial charge on any atom is -0.309 e. The quantitative estimate of drug-likeness (QED) is 0.720. The Morgan fingerprint density at radius 1 is 1.10 bits per heavy atom. The standard InChI is InChI=1S/C16H33N5/c1-13(2)10-20(11-14(3)4)7-8-21-12-16(18-19-21)9-17-15(5)6/h12-15,17H,7-11H2,1-6H3. The van der Waals surface area contributed by atoms with Crippen molar-refractivity contribution in [2.75, 3.05) is 19.6 Å². The fourth-order valence-electron chi connectivity index (χ4n) is 2.37. The maximum Gasteiger partial charge on any atom is 0.0964 e. The van der Waals surface area contributed by atoms with Gasteiger partial charge >= 0.3 is 0 Å². The predicted molar refractivity (Wildman–Crippen MR) is 88.1 cm³/mol. The molecule has 0 aliphatic carbocycles. The van der Waals surface area contributed by atoms with Crippen molar-refractivity contribution in [2.45, 2.75) is 60.7 Å². The number of nitrogens with one attached hydrogen (secondary N) is 1. The van der Waals surface area contributed by atoms with Gasteiger partial charge < -0.3 is 10.2 Å². The van der Waals surface area contributed by atoms with Gasteiger partial charge in [0.15, 0.2) is 0 Å². The molecule has 0 spiro atoms. The molecule has 122 valence electrons. The van der Waals surface area contributed by atoms with Gasteiger partial charge in [-0.1, -0.05) is 46.8 Å². The molecular formula is C16H33N5. The van der Waals surface area contributed by atoms with Crippen LogP contribution in [0.3, 0.4) is 0 Å². The van der Waals surface area contributed by atoms with Crippen LogP contribution in [0, 0.1) is 11.8 Å². The third-order valence-corrected chi connectivity index (χ3v) is 3.17. The summed E-state index contributed by atoms with van der Waals surface area (Å²) in [6.07, 6.45) is 2.05. The molecule has 1 rings (SSSR count). The van der Waals surface area contributed by atoms with Crippen LogP contribution in [0.25, 0.3) is 0 Å². The Labute approximate surface area is 130 Å². The Hall–Kier alpha value is -0.940. The van der Waals surface area contributed by atoms with E-state index in [1.165, 1.54) is 0 Å². The van der Waals surface area contributed by atoms with Crippen LogP contribution in [0.4, 0.5) is 0 Å². The van der Waals surface area contributed by atoms with E-state index in [-0.39, 0.29) is 0 Å². The largest absolute Gasteiger partial charge is 0.309 e. The molecule has 0 aliphatic rings. The Morgan fingerprint density at radius 3 is 2.24 bits per heavy atom. The van der Waals surface area contributed by atoms with Crippen molar-refractivity contribution < 1.29 is 0 Å². The second-order valence-corrected chi connectivity index (χ2v) is 7.06. The molecule has 0 atom stereocenters. The second kappa shape index (κ2) is 9.15. The van der Waals surface area contributed by atoms with Crippen LogP contribution in [0.15, 0.2) is 6.20 Å². The van der Waals surface area contributed by atoms with Crippen molar-refractivity contribution in [3.63, 3.8) is 0 Å². The van der Waals surface area contributed by atoms with Crippen LogP contribution < -0.4 is 5.32 Å². The maximum absolute atomic E-state index is 4.22. The zero-order valence-electron chi connectivity index (χ0n) is 14.6. The summed E-state index contributed by atoms with van der Waals surface area (Å²) in [5.41, 5.74) is 1.02. The zero-order chi connectivity index (χ0) is 15.8. The van der Waals surface area contributed by atoms with Crippen LogP contribution in [0.2, 0.25) is 0 Å². The first-order valence-electron chi connectivity index (χ1n) is 8.21. The number of nitrogens with zero attached hydrogens (tertiary/aromatic N) is 4. The second-order valence-electron chi connectivity index (χ2n) is 7.06. The van der Waals surface area contributed by atoms with Gasteiger partial charge in [0.1, 0.15) is 0 Å². The molecule has 5 heteroatoms. The summed E-state index contributed by atoms with van der Waals surface area (Å²) in [5, 5.41) is 11.8. The summed E-state index contributed by atoms with van der Waals surface area (Å²) in [7, 11) is 0. The first-order chi connectivity index (χ1) is 9.86. The smallest absolute Gasteiger partial charge is 0.0964 e. The summed E-state index contributed by atoms with van der Waals surface area (Å²) in [6, 6.07) is 0.475. The summed E-state index contributed by atoms with van der Waals surface area (Å²) in [6.45, 7) is 18.4. The van der Waals surface area contributed by atoms with Crippen molar-refractivity contribution in [1.29, 1.82) is 0 Å². The molecule has 1 heterocycles. The van der Waals surface area contributed by atoms with E-state index in [1.807, 2.05) is 4.68 Å². The molecule has 0 radical (unpaired) electrons. The lowest BCUT2D eigenvalue weighted by Crippen LogP contribution is -2.34. The highest BCUT2D eigenvalue weighted by atomic mass is 15.4.